The third kappa shape index (κ3) is 3.81. The van der Waals surface area contributed by atoms with Crippen molar-refractivity contribution in [3.63, 3.8) is 0 Å². The monoisotopic (exact) mass is 226 g/mol. The number of rotatable bonds is 4. The summed E-state index contributed by atoms with van der Waals surface area (Å²) >= 11 is 1.12. The van der Waals surface area contributed by atoms with Crippen molar-refractivity contribution in [2.24, 2.45) is 5.73 Å². The van der Waals surface area contributed by atoms with Crippen molar-refractivity contribution >= 4 is 16.9 Å². The standard InChI is InChI=1S/C10H14N2O2S/c1-14-8-4-2-3-7(5-8)9(13)6-15-10(11)12/h2-5,9,13H,6H2,1H3,(H3,11,12). The summed E-state index contributed by atoms with van der Waals surface area (Å²) in [4.78, 5) is 0. The molecule has 5 heteroatoms. The molecule has 1 unspecified atom stereocenters. The topological polar surface area (TPSA) is 79.3 Å². The van der Waals surface area contributed by atoms with Crippen molar-refractivity contribution in [1.29, 1.82) is 5.41 Å². The Labute approximate surface area is 92.9 Å². The van der Waals surface area contributed by atoms with Crippen molar-refractivity contribution in [3.8, 4) is 5.75 Å². The van der Waals surface area contributed by atoms with Crippen LogP contribution in [0.1, 0.15) is 11.7 Å². The maximum atomic E-state index is 9.76. The number of nitrogens with one attached hydrogen (secondary N) is 1. The summed E-state index contributed by atoms with van der Waals surface area (Å²) in [5.74, 6) is 1.09. The molecule has 4 N–H and O–H groups in total. The number of methoxy groups -OCH3 is 1. The molecule has 0 heterocycles. The van der Waals surface area contributed by atoms with E-state index in [1.54, 1.807) is 13.2 Å². The van der Waals surface area contributed by atoms with Gasteiger partial charge in [-0.3, -0.25) is 5.41 Å². The van der Waals surface area contributed by atoms with Gasteiger partial charge in [-0.1, -0.05) is 23.9 Å². The molecule has 0 fully saturated rings. The van der Waals surface area contributed by atoms with E-state index >= 15 is 0 Å². The second-order valence-corrected chi connectivity index (χ2v) is 4.03. The summed E-state index contributed by atoms with van der Waals surface area (Å²) in [6.45, 7) is 0. The Kier molecular flexibility index (Phi) is 4.45. The number of amidine groups is 1. The first-order valence-corrected chi connectivity index (χ1v) is 5.41. The predicted molar refractivity (Wildman–Crippen MR) is 62.3 cm³/mol. The van der Waals surface area contributed by atoms with E-state index in [1.165, 1.54) is 0 Å². The van der Waals surface area contributed by atoms with E-state index in [1.807, 2.05) is 18.2 Å². The normalized spacial score (nSPS) is 12.1. The van der Waals surface area contributed by atoms with Crippen LogP contribution in [-0.2, 0) is 0 Å². The lowest BCUT2D eigenvalue weighted by atomic mass is 10.1. The van der Waals surface area contributed by atoms with Crippen LogP contribution in [0.2, 0.25) is 0 Å². The van der Waals surface area contributed by atoms with Crippen LogP contribution in [0.5, 0.6) is 5.75 Å². The fourth-order valence-corrected chi connectivity index (χ4v) is 1.64. The van der Waals surface area contributed by atoms with E-state index in [2.05, 4.69) is 0 Å². The molecule has 82 valence electrons. The molecule has 0 spiro atoms. The van der Waals surface area contributed by atoms with Gasteiger partial charge in [0, 0.05) is 5.75 Å². The van der Waals surface area contributed by atoms with Gasteiger partial charge >= 0.3 is 0 Å². The lowest BCUT2D eigenvalue weighted by Gasteiger charge is -2.10. The number of thioether (sulfide) groups is 1. The number of nitrogens with two attached hydrogens (primary N) is 1. The van der Waals surface area contributed by atoms with Crippen molar-refractivity contribution in [2.75, 3.05) is 12.9 Å². The maximum absolute atomic E-state index is 9.76. The van der Waals surface area contributed by atoms with Crippen LogP contribution >= 0.6 is 11.8 Å². The fraction of sp³-hybridized carbons (Fsp3) is 0.300. The Morgan fingerprint density at radius 3 is 3.00 bits per heavy atom. The van der Waals surface area contributed by atoms with Crippen molar-refractivity contribution < 1.29 is 9.84 Å². The number of aliphatic hydroxyl groups excluding tert-OH is 1. The number of hydrogen-bond donors (Lipinski definition) is 3. The highest BCUT2D eigenvalue weighted by Gasteiger charge is 2.08. The lowest BCUT2D eigenvalue weighted by Crippen LogP contribution is -2.09. The molecule has 15 heavy (non-hydrogen) atoms. The smallest absolute Gasteiger partial charge is 0.151 e. The highest BCUT2D eigenvalue weighted by molar-refractivity contribution is 8.13. The number of benzene rings is 1. The molecule has 0 aromatic heterocycles. The first-order valence-electron chi connectivity index (χ1n) is 4.42. The molecule has 0 aliphatic carbocycles. The van der Waals surface area contributed by atoms with Gasteiger partial charge in [-0.05, 0) is 17.7 Å². The summed E-state index contributed by atoms with van der Waals surface area (Å²) < 4.78 is 5.05. The maximum Gasteiger partial charge on any atom is 0.151 e. The molecule has 0 saturated heterocycles. The zero-order valence-corrected chi connectivity index (χ0v) is 9.25. The summed E-state index contributed by atoms with van der Waals surface area (Å²) in [5.41, 5.74) is 5.95. The molecule has 0 bridgehead atoms. The predicted octanol–water partition coefficient (Wildman–Crippen LogP) is 1.36. The largest absolute Gasteiger partial charge is 0.497 e. The van der Waals surface area contributed by atoms with Crippen LogP contribution in [0.4, 0.5) is 0 Å². The number of hydrogen-bond acceptors (Lipinski definition) is 4. The Bertz CT molecular complexity index is 344. The van der Waals surface area contributed by atoms with Crippen LogP contribution in [0.25, 0.3) is 0 Å². The third-order valence-corrected chi connectivity index (χ3v) is 2.67. The average molecular weight is 226 g/mol. The molecular weight excluding hydrogens is 212 g/mol. The minimum Gasteiger partial charge on any atom is -0.497 e. The van der Waals surface area contributed by atoms with Gasteiger partial charge in [-0.25, -0.2) is 0 Å². The Morgan fingerprint density at radius 1 is 1.67 bits per heavy atom. The molecule has 0 aliphatic heterocycles. The molecule has 0 saturated carbocycles. The number of aliphatic hydroxyl groups is 1. The molecule has 4 nitrogen and oxygen atoms in total. The molecule has 0 aliphatic rings. The Balaban J connectivity index is 2.64. The zero-order chi connectivity index (χ0) is 11.3. The van der Waals surface area contributed by atoms with Gasteiger partial charge in [-0.15, -0.1) is 0 Å². The van der Waals surface area contributed by atoms with Gasteiger partial charge < -0.3 is 15.6 Å². The van der Waals surface area contributed by atoms with Gasteiger partial charge in [0.15, 0.2) is 5.17 Å². The second kappa shape index (κ2) is 5.63. The molecule has 0 amide bonds. The van der Waals surface area contributed by atoms with Crippen LogP contribution < -0.4 is 10.5 Å². The van der Waals surface area contributed by atoms with E-state index in [4.69, 9.17) is 15.9 Å². The van der Waals surface area contributed by atoms with Crippen molar-refractivity contribution in [1.82, 2.24) is 0 Å². The van der Waals surface area contributed by atoms with Crippen LogP contribution in [0, 0.1) is 5.41 Å². The summed E-state index contributed by atoms with van der Waals surface area (Å²) in [6, 6.07) is 7.21. The van der Waals surface area contributed by atoms with E-state index in [0.717, 1.165) is 17.3 Å². The molecular formula is C10H14N2O2S. The average Bonchev–Trinajstić information content (AvgIpc) is 2.26. The van der Waals surface area contributed by atoms with Crippen molar-refractivity contribution in [3.05, 3.63) is 29.8 Å². The fourth-order valence-electron chi connectivity index (χ4n) is 1.11. The first kappa shape index (κ1) is 11.9. The summed E-state index contributed by atoms with van der Waals surface area (Å²) in [6.07, 6.45) is -0.631. The van der Waals surface area contributed by atoms with Gasteiger partial charge in [-0.2, -0.15) is 0 Å². The van der Waals surface area contributed by atoms with E-state index in [9.17, 15) is 5.11 Å². The highest BCUT2D eigenvalue weighted by Crippen LogP contribution is 2.21. The summed E-state index contributed by atoms with van der Waals surface area (Å²) in [5, 5.41) is 16.8. The van der Waals surface area contributed by atoms with E-state index in [-0.39, 0.29) is 5.17 Å². The van der Waals surface area contributed by atoms with Gasteiger partial charge in [0.05, 0.1) is 13.2 Å². The van der Waals surface area contributed by atoms with Crippen molar-refractivity contribution in [2.45, 2.75) is 6.10 Å². The zero-order valence-electron chi connectivity index (χ0n) is 8.43. The van der Waals surface area contributed by atoms with E-state index in [0.29, 0.717) is 11.5 Å². The minimum atomic E-state index is -0.631. The van der Waals surface area contributed by atoms with Crippen LogP contribution in [0.15, 0.2) is 24.3 Å². The number of ether oxygens (including phenoxy) is 1. The molecule has 1 atom stereocenters. The molecule has 1 aromatic carbocycles. The highest BCUT2D eigenvalue weighted by atomic mass is 32.2. The van der Waals surface area contributed by atoms with Crippen LogP contribution in [-0.4, -0.2) is 23.1 Å². The Hall–Kier alpha value is -1.20. The van der Waals surface area contributed by atoms with Crippen LogP contribution in [0.3, 0.4) is 0 Å². The van der Waals surface area contributed by atoms with Gasteiger partial charge in [0.2, 0.25) is 0 Å². The lowest BCUT2D eigenvalue weighted by molar-refractivity contribution is 0.204. The molecule has 1 rings (SSSR count). The van der Waals surface area contributed by atoms with Gasteiger partial charge in [0.25, 0.3) is 0 Å². The molecule has 0 radical (unpaired) electrons. The third-order valence-electron chi connectivity index (χ3n) is 1.88. The minimum absolute atomic E-state index is 0.0111. The molecule has 1 aromatic rings. The first-order chi connectivity index (χ1) is 7.13. The Morgan fingerprint density at radius 2 is 2.40 bits per heavy atom. The quantitative estimate of drug-likeness (QED) is 0.535. The van der Waals surface area contributed by atoms with E-state index < -0.39 is 6.10 Å². The van der Waals surface area contributed by atoms with Gasteiger partial charge in [0.1, 0.15) is 5.75 Å². The summed E-state index contributed by atoms with van der Waals surface area (Å²) in [7, 11) is 1.58. The SMILES string of the molecule is COc1cccc(C(O)CSC(=N)N)c1. The second-order valence-electron chi connectivity index (χ2n) is 2.97.